The monoisotopic (exact) mass is 256 g/mol. The minimum absolute atomic E-state index is 0.0519. The topological polar surface area (TPSA) is 116 Å². The van der Waals surface area contributed by atoms with Crippen LogP contribution in [-0.4, -0.2) is 33.4 Å². The zero-order chi connectivity index (χ0) is 13.4. The molecule has 2 rings (SSSR count). The van der Waals surface area contributed by atoms with Crippen LogP contribution < -0.4 is 17.2 Å². The summed E-state index contributed by atoms with van der Waals surface area (Å²) in [6, 6.07) is 0. The highest BCUT2D eigenvalue weighted by Gasteiger charge is 2.38. The van der Waals surface area contributed by atoms with Gasteiger partial charge in [-0.15, -0.1) is 0 Å². The van der Waals surface area contributed by atoms with Crippen molar-refractivity contribution in [2.75, 3.05) is 12.3 Å². The van der Waals surface area contributed by atoms with E-state index in [0.29, 0.717) is 0 Å². The van der Waals surface area contributed by atoms with E-state index < -0.39 is 35.8 Å². The van der Waals surface area contributed by atoms with Gasteiger partial charge in [0.15, 0.2) is 17.9 Å². The summed E-state index contributed by atoms with van der Waals surface area (Å²) in [5, 5.41) is 9.75. The summed E-state index contributed by atoms with van der Waals surface area (Å²) in [6.07, 6.45) is -1.82. The second-order valence-corrected chi connectivity index (χ2v) is 3.95. The van der Waals surface area contributed by atoms with Crippen molar-refractivity contribution in [2.45, 2.75) is 18.4 Å². The zero-order valence-electron chi connectivity index (χ0n) is 9.41. The number of hydrogen-bond acceptors (Lipinski definition) is 6. The van der Waals surface area contributed by atoms with Gasteiger partial charge in [-0.25, -0.2) is 9.18 Å². The summed E-state index contributed by atoms with van der Waals surface area (Å²) in [5.74, 6) is -1.34. The van der Waals surface area contributed by atoms with Crippen LogP contribution in [0.3, 0.4) is 0 Å². The SMILES string of the molecule is C=C1C(O)[C@@H](CN)O[C@H]1n1cc(F)c(N)nc1=O. The third kappa shape index (κ3) is 1.90. The lowest BCUT2D eigenvalue weighted by molar-refractivity contribution is -0.0132. The molecule has 18 heavy (non-hydrogen) atoms. The molecule has 1 aromatic heterocycles. The van der Waals surface area contributed by atoms with Gasteiger partial charge in [-0.3, -0.25) is 4.57 Å². The molecule has 0 aromatic carbocycles. The van der Waals surface area contributed by atoms with Gasteiger partial charge in [0, 0.05) is 12.1 Å². The van der Waals surface area contributed by atoms with Gasteiger partial charge in [-0.1, -0.05) is 6.58 Å². The van der Waals surface area contributed by atoms with Crippen LogP contribution in [0.4, 0.5) is 10.2 Å². The van der Waals surface area contributed by atoms with Crippen LogP contribution >= 0.6 is 0 Å². The molecule has 0 bridgehead atoms. The van der Waals surface area contributed by atoms with Crippen LogP contribution in [0.1, 0.15) is 6.23 Å². The number of aliphatic hydroxyl groups excluding tert-OH is 1. The highest BCUT2D eigenvalue weighted by Crippen LogP contribution is 2.31. The Morgan fingerprint density at radius 3 is 2.89 bits per heavy atom. The van der Waals surface area contributed by atoms with Crippen LogP contribution in [0.15, 0.2) is 23.1 Å². The highest BCUT2D eigenvalue weighted by molar-refractivity contribution is 5.27. The predicted octanol–water partition coefficient (Wildman–Crippen LogP) is -1.26. The van der Waals surface area contributed by atoms with Gasteiger partial charge in [0.2, 0.25) is 0 Å². The molecule has 0 saturated carbocycles. The molecule has 0 amide bonds. The Balaban J connectivity index is 2.42. The lowest BCUT2D eigenvalue weighted by atomic mass is 10.1. The summed E-state index contributed by atoms with van der Waals surface area (Å²) < 4.78 is 19.5. The summed E-state index contributed by atoms with van der Waals surface area (Å²) in [4.78, 5) is 14.9. The van der Waals surface area contributed by atoms with Gasteiger partial charge >= 0.3 is 5.69 Å². The number of nitrogens with zero attached hydrogens (tertiary/aromatic N) is 2. The van der Waals surface area contributed by atoms with E-state index >= 15 is 0 Å². The first-order valence-corrected chi connectivity index (χ1v) is 5.22. The Bertz CT molecular complexity index is 544. The minimum atomic E-state index is -1.01. The van der Waals surface area contributed by atoms with E-state index in [9.17, 15) is 14.3 Å². The molecular weight excluding hydrogens is 243 g/mol. The van der Waals surface area contributed by atoms with E-state index in [0.717, 1.165) is 10.8 Å². The average Bonchev–Trinajstić information content (AvgIpc) is 2.61. The summed E-state index contributed by atoms with van der Waals surface area (Å²) >= 11 is 0. The quantitative estimate of drug-likeness (QED) is 0.568. The number of nitrogens with two attached hydrogens (primary N) is 2. The first-order valence-electron chi connectivity index (χ1n) is 5.22. The van der Waals surface area contributed by atoms with Crippen molar-refractivity contribution in [3.05, 3.63) is 34.7 Å². The van der Waals surface area contributed by atoms with Gasteiger partial charge in [-0.2, -0.15) is 4.98 Å². The van der Waals surface area contributed by atoms with Gasteiger partial charge < -0.3 is 21.3 Å². The number of nitrogen functional groups attached to an aromatic ring is 1. The highest BCUT2D eigenvalue weighted by atomic mass is 19.1. The summed E-state index contributed by atoms with van der Waals surface area (Å²) in [6.45, 7) is 3.66. The maximum atomic E-state index is 13.3. The molecule has 3 atom stereocenters. The maximum Gasteiger partial charge on any atom is 0.352 e. The van der Waals surface area contributed by atoms with Gasteiger partial charge in [0.1, 0.15) is 12.2 Å². The molecule has 1 saturated heterocycles. The molecule has 1 aliphatic rings. The van der Waals surface area contributed by atoms with Crippen LogP contribution in [0, 0.1) is 5.82 Å². The van der Waals surface area contributed by atoms with Crippen LogP contribution in [0.2, 0.25) is 0 Å². The lowest BCUT2D eigenvalue weighted by Crippen LogP contribution is -2.30. The Hall–Kier alpha value is -1.77. The first-order chi connectivity index (χ1) is 8.45. The molecule has 0 spiro atoms. The second kappa shape index (κ2) is 4.48. The van der Waals surface area contributed by atoms with Crippen molar-refractivity contribution in [1.29, 1.82) is 0 Å². The Labute approximate surface area is 101 Å². The van der Waals surface area contributed by atoms with Crippen molar-refractivity contribution < 1.29 is 14.2 Å². The van der Waals surface area contributed by atoms with Crippen LogP contribution in [0.25, 0.3) is 0 Å². The third-order valence-electron chi connectivity index (χ3n) is 2.77. The van der Waals surface area contributed by atoms with Crippen molar-refractivity contribution in [1.82, 2.24) is 9.55 Å². The molecule has 7 nitrogen and oxygen atoms in total. The average molecular weight is 256 g/mol. The van der Waals surface area contributed by atoms with E-state index in [1.807, 2.05) is 0 Å². The van der Waals surface area contributed by atoms with E-state index in [2.05, 4.69) is 11.6 Å². The van der Waals surface area contributed by atoms with E-state index in [4.69, 9.17) is 16.2 Å². The molecular formula is C10H13FN4O3. The Morgan fingerprint density at radius 2 is 2.33 bits per heavy atom. The van der Waals surface area contributed by atoms with Crippen molar-refractivity contribution in [3.63, 3.8) is 0 Å². The fourth-order valence-electron chi connectivity index (χ4n) is 1.77. The van der Waals surface area contributed by atoms with Crippen molar-refractivity contribution in [3.8, 4) is 0 Å². The van der Waals surface area contributed by atoms with E-state index in [1.54, 1.807) is 0 Å². The van der Waals surface area contributed by atoms with E-state index in [-0.39, 0.29) is 12.1 Å². The van der Waals surface area contributed by atoms with Crippen molar-refractivity contribution in [2.24, 2.45) is 5.73 Å². The first kappa shape index (κ1) is 12.7. The fourth-order valence-corrected chi connectivity index (χ4v) is 1.77. The summed E-state index contributed by atoms with van der Waals surface area (Å²) in [7, 11) is 0. The lowest BCUT2D eigenvalue weighted by Gasteiger charge is -2.15. The zero-order valence-corrected chi connectivity index (χ0v) is 9.41. The largest absolute Gasteiger partial charge is 0.386 e. The van der Waals surface area contributed by atoms with Crippen LogP contribution in [-0.2, 0) is 4.74 Å². The van der Waals surface area contributed by atoms with Gasteiger partial charge in [0.05, 0.1) is 6.20 Å². The van der Waals surface area contributed by atoms with Crippen molar-refractivity contribution >= 4 is 5.82 Å². The molecule has 98 valence electrons. The number of aliphatic hydroxyl groups is 1. The molecule has 8 heteroatoms. The molecule has 1 fully saturated rings. The smallest absolute Gasteiger partial charge is 0.352 e. The molecule has 1 aliphatic heterocycles. The molecule has 0 aliphatic carbocycles. The fraction of sp³-hybridized carbons (Fsp3) is 0.400. The third-order valence-corrected chi connectivity index (χ3v) is 2.77. The number of aromatic nitrogens is 2. The molecule has 2 heterocycles. The number of ether oxygens (including phenoxy) is 1. The second-order valence-electron chi connectivity index (χ2n) is 3.95. The number of halogens is 1. The molecule has 0 radical (unpaired) electrons. The maximum absolute atomic E-state index is 13.3. The predicted molar refractivity (Wildman–Crippen MR) is 61.0 cm³/mol. The van der Waals surface area contributed by atoms with Crippen LogP contribution in [0.5, 0.6) is 0 Å². The Kier molecular flexibility index (Phi) is 3.16. The standard InChI is InChI=1S/C10H13FN4O3/c1-4-7(16)6(2-12)18-9(4)15-3-5(11)8(13)14-10(15)17/h3,6-7,9,16H,1-2,12H2,(H2,13,14,17)/t6-,7?,9-/m1/s1. The molecule has 1 aromatic rings. The van der Waals surface area contributed by atoms with Gasteiger partial charge in [-0.05, 0) is 0 Å². The number of anilines is 1. The number of hydrogen-bond donors (Lipinski definition) is 3. The normalized spacial score (nSPS) is 27.7. The van der Waals surface area contributed by atoms with E-state index in [1.165, 1.54) is 0 Å². The van der Waals surface area contributed by atoms with Gasteiger partial charge in [0.25, 0.3) is 0 Å². The minimum Gasteiger partial charge on any atom is -0.386 e. The Morgan fingerprint density at radius 1 is 1.67 bits per heavy atom. The molecule has 1 unspecified atom stereocenters. The molecule has 5 N–H and O–H groups in total. The number of rotatable bonds is 2. The summed E-state index contributed by atoms with van der Waals surface area (Å²) in [5.41, 5.74) is 10.0.